The molecule has 3 fully saturated rings. The summed E-state index contributed by atoms with van der Waals surface area (Å²) < 4.78 is 17.6. The molecule has 194 valence electrons. The molecule has 0 unspecified atom stereocenters. The second-order valence-electron chi connectivity index (χ2n) is 10.5. The van der Waals surface area contributed by atoms with Crippen molar-refractivity contribution in [2.24, 2.45) is 23.3 Å². The van der Waals surface area contributed by atoms with E-state index < -0.39 is 0 Å². The van der Waals surface area contributed by atoms with Gasteiger partial charge in [-0.3, -0.25) is 18.8 Å². The summed E-state index contributed by atoms with van der Waals surface area (Å²) in [7, 11) is 0. The Morgan fingerprint density at radius 1 is 1.00 bits per heavy atom. The molecule has 2 saturated heterocycles. The van der Waals surface area contributed by atoms with Gasteiger partial charge in [0.05, 0.1) is 11.0 Å². The second kappa shape index (κ2) is 10.5. The van der Waals surface area contributed by atoms with E-state index in [0.717, 1.165) is 69.2 Å². The Morgan fingerprint density at radius 2 is 1.72 bits per heavy atom. The molecule has 5 rings (SSSR count). The molecule has 1 aromatic heterocycles. The van der Waals surface area contributed by atoms with E-state index in [9.17, 15) is 14.0 Å². The molecule has 8 nitrogen and oxygen atoms in total. The quantitative estimate of drug-likeness (QED) is 0.574. The number of benzene rings is 1. The first-order valence-corrected chi connectivity index (χ1v) is 13.2. The zero-order chi connectivity index (χ0) is 25.2. The van der Waals surface area contributed by atoms with Gasteiger partial charge in [-0.1, -0.05) is 0 Å². The van der Waals surface area contributed by atoms with E-state index in [1.165, 1.54) is 18.3 Å². The SMILES string of the molecule is N/C=C\C(=C/N)CN1CCC(C(=O)N2CCC(n3c(=O)n(CC4CC4)c4cc(F)ccc43)CC2)CC1. The maximum Gasteiger partial charge on any atom is 0.329 e. The predicted molar refractivity (Wildman–Crippen MR) is 138 cm³/mol. The lowest BCUT2D eigenvalue weighted by Gasteiger charge is -2.37. The third-order valence-electron chi connectivity index (χ3n) is 8.07. The predicted octanol–water partition coefficient (Wildman–Crippen LogP) is 2.54. The first-order valence-electron chi connectivity index (χ1n) is 13.2. The van der Waals surface area contributed by atoms with Gasteiger partial charge in [0.15, 0.2) is 0 Å². The molecule has 1 aliphatic carbocycles. The summed E-state index contributed by atoms with van der Waals surface area (Å²) in [5.41, 5.74) is 13.6. The van der Waals surface area contributed by atoms with Crippen LogP contribution in [-0.2, 0) is 11.3 Å². The monoisotopic (exact) mass is 496 g/mol. The van der Waals surface area contributed by atoms with E-state index in [1.807, 2.05) is 15.5 Å². The standard InChI is InChI=1S/C27H37FN6O2/c28-22-3-4-24-25(15-22)33(18-19-1-2-19)27(36)34(24)23-8-13-32(14-9-23)26(35)21-6-11-31(12-7-21)17-20(16-30)5-10-29/h3-5,10,15-16,19,21,23H,1-2,6-9,11-14,17-18,29-30H2/b10-5-,20-16+. The van der Waals surface area contributed by atoms with Crippen LogP contribution in [0, 0.1) is 17.7 Å². The zero-order valence-corrected chi connectivity index (χ0v) is 20.8. The Morgan fingerprint density at radius 3 is 2.36 bits per heavy atom. The van der Waals surface area contributed by atoms with Gasteiger partial charge >= 0.3 is 5.69 Å². The first kappa shape index (κ1) is 24.6. The third-order valence-corrected chi connectivity index (χ3v) is 8.07. The number of nitrogens with zero attached hydrogens (tertiary/aromatic N) is 4. The Balaban J connectivity index is 1.21. The van der Waals surface area contributed by atoms with Crippen molar-refractivity contribution in [2.45, 2.75) is 51.1 Å². The summed E-state index contributed by atoms with van der Waals surface area (Å²) in [6.07, 6.45) is 10.3. The Kier molecular flexibility index (Phi) is 7.18. The van der Waals surface area contributed by atoms with Gasteiger partial charge in [-0.05, 0) is 99.8 Å². The highest BCUT2D eigenvalue weighted by atomic mass is 19.1. The molecule has 9 heteroatoms. The number of hydrogen-bond acceptors (Lipinski definition) is 5. The Bertz CT molecular complexity index is 1210. The second-order valence-corrected chi connectivity index (χ2v) is 10.5. The van der Waals surface area contributed by atoms with Crippen LogP contribution in [0.2, 0.25) is 0 Å². The van der Waals surface area contributed by atoms with Crippen LogP contribution in [0.25, 0.3) is 11.0 Å². The fourth-order valence-corrected chi connectivity index (χ4v) is 5.82. The van der Waals surface area contributed by atoms with Crippen molar-refractivity contribution >= 4 is 16.9 Å². The number of imidazole rings is 1. The number of aromatic nitrogens is 2. The number of likely N-dealkylation sites (tertiary alicyclic amines) is 2. The minimum absolute atomic E-state index is 0.0221. The molecule has 0 spiro atoms. The van der Waals surface area contributed by atoms with Crippen LogP contribution in [0.3, 0.4) is 0 Å². The topological polar surface area (TPSA) is 103 Å². The summed E-state index contributed by atoms with van der Waals surface area (Å²) in [6, 6.07) is 4.67. The van der Waals surface area contributed by atoms with Crippen LogP contribution in [0.4, 0.5) is 4.39 Å². The molecule has 3 aliphatic rings. The van der Waals surface area contributed by atoms with E-state index in [0.29, 0.717) is 31.1 Å². The van der Waals surface area contributed by atoms with Crippen LogP contribution in [-0.4, -0.2) is 57.6 Å². The highest BCUT2D eigenvalue weighted by Crippen LogP contribution is 2.33. The number of rotatable bonds is 7. The van der Waals surface area contributed by atoms with Crippen LogP contribution in [0.1, 0.15) is 44.6 Å². The molecule has 0 bridgehead atoms. The van der Waals surface area contributed by atoms with Crippen molar-refractivity contribution < 1.29 is 9.18 Å². The highest BCUT2D eigenvalue weighted by Gasteiger charge is 2.33. The number of hydrogen-bond donors (Lipinski definition) is 2. The summed E-state index contributed by atoms with van der Waals surface area (Å²) >= 11 is 0. The highest BCUT2D eigenvalue weighted by molar-refractivity contribution is 5.79. The molecule has 4 N–H and O–H groups in total. The summed E-state index contributed by atoms with van der Waals surface area (Å²) in [5, 5.41) is 0. The van der Waals surface area contributed by atoms with Gasteiger partial charge in [-0.15, -0.1) is 0 Å². The molecule has 0 radical (unpaired) electrons. The third kappa shape index (κ3) is 5.07. The summed E-state index contributed by atoms with van der Waals surface area (Å²) in [6.45, 7) is 4.41. The maximum absolute atomic E-state index is 14.0. The van der Waals surface area contributed by atoms with Gasteiger partial charge in [0, 0.05) is 38.1 Å². The van der Waals surface area contributed by atoms with Crippen molar-refractivity contribution in [2.75, 3.05) is 32.7 Å². The van der Waals surface area contributed by atoms with E-state index in [-0.39, 0.29) is 29.4 Å². The molecular weight excluding hydrogens is 459 g/mol. The van der Waals surface area contributed by atoms with Crippen molar-refractivity contribution in [3.63, 3.8) is 0 Å². The number of fused-ring (bicyclic) bond motifs is 1. The lowest BCUT2D eigenvalue weighted by Crippen LogP contribution is -2.46. The molecule has 2 aromatic rings. The minimum atomic E-state index is -0.318. The Hall–Kier alpha value is -3.07. The fraction of sp³-hybridized carbons (Fsp3) is 0.556. The van der Waals surface area contributed by atoms with Crippen LogP contribution in [0.15, 0.2) is 47.0 Å². The molecule has 2 aliphatic heterocycles. The lowest BCUT2D eigenvalue weighted by molar-refractivity contribution is -0.138. The summed E-state index contributed by atoms with van der Waals surface area (Å²) in [5.74, 6) is 0.474. The van der Waals surface area contributed by atoms with E-state index in [2.05, 4.69) is 4.90 Å². The van der Waals surface area contributed by atoms with Gasteiger partial charge in [-0.2, -0.15) is 0 Å². The van der Waals surface area contributed by atoms with Crippen molar-refractivity contribution in [3.8, 4) is 0 Å². The smallest absolute Gasteiger partial charge is 0.329 e. The fourth-order valence-electron chi connectivity index (χ4n) is 5.82. The molecule has 36 heavy (non-hydrogen) atoms. The van der Waals surface area contributed by atoms with Crippen molar-refractivity contribution in [1.82, 2.24) is 18.9 Å². The van der Waals surface area contributed by atoms with Crippen LogP contribution >= 0.6 is 0 Å². The van der Waals surface area contributed by atoms with Gasteiger partial charge in [-0.25, -0.2) is 9.18 Å². The van der Waals surface area contributed by atoms with Gasteiger partial charge in [0.1, 0.15) is 5.82 Å². The van der Waals surface area contributed by atoms with Crippen LogP contribution < -0.4 is 17.2 Å². The largest absolute Gasteiger partial charge is 0.405 e. The van der Waals surface area contributed by atoms with Crippen molar-refractivity contribution in [1.29, 1.82) is 0 Å². The molecule has 0 atom stereocenters. The molecule has 1 aromatic carbocycles. The number of amides is 1. The number of halogens is 1. The van der Waals surface area contributed by atoms with Gasteiger partial charge < -0.3 is 16.4 Å². The van der Waals surface area contributed by atoms with Crippen LogP contribution in [0.5, 0.6) is 0 Å². The van der Waals surface area contributed by atoms with Gasteiger partial charge in [0.25, 0.3) is 0 Å². The Labute approximate surface area is 211 Å². The number of carbonyl (C=O) groups excluding carboxylic acids is 1. The van der Waals surface area contributed by atoms with E-state index in [4.69, 9.17) is 11.5 Å². The number of carbonyl (C=O) groups is 1. The van der Waals surface area contributed by atoms with Crippen molar-refractivity contribution in [3.05, 3.63) is 58.5 Å². The first-order chi connectivity index (χ1) is 17.5. The molecular formula is C27H37FN6O2. The average Bonchev–Trinajstić information content (AvgIpc) is 3.68. The molecule has 1 amide bonds. The number of piperidine rings is 2. The lowest BCUT2D eigenvalue weighted by atomic mass is 9.93. The molecule has 3 heterocycles. The van der Waals surface area contributed by atoms with E-state index in [1.54, 1.807) is 16.8 Å². The van der Waals surface area contributed by atoms with Gasteiger partial charge in [0.2, 0.25) is 5.91 Å². The average molecular weight is 497 g/mol. The number of nitrogens with two attached hydrogens (primary N) is 2. The maximum atomic E-state index is 14.0. The normalized spacial score (nSPS) is 21.1. The minimum Gasteiger partial charge on any atom is -0.405 e. The zero-order valence-electron chi connectivity index (χ0n) is 20.8. The van der Waals surface area contributed by atoms with E-state index >= 15 is 0 Å². The molecule has 1 saturated carbocycles. The summed E-state index contributed by atoms with van der Waals surface area (Å²) in [4.78, 5) is 30.9.